The third kappa shape index (κ3) is 4.28. The maximum absolute atomic E-state index is 11.8. The molecule has 0 saturated heterocycles. The van der Waals surface area contributed by atoms with Gasteiger partial charge < -0.3 is 15.0 Å². The summed E-state index contributed by atoms with van der Waals surface area (Å²) in [5, 5.41) is 2.92. The van der Waals surface area contributed by atoms with Crippen molar-refractivity contribution in [2.24, 2.45) is 0 Å². The van der Waals surface area contributed by atoms with Crippen LogP contribution in [0.25, 0.3) is 0 Å². The van der Waals surface area contributed by atoms with Gasteiger partial charge in [0.25, 0.3) is 5.91 Å². The van der Waals surface area contributed by atoms with Gasteiger partial charge in [-0.1, -0.05) is 30.3 Å². The third-order valence-corrected chi connectivity index (χ3v) is 4.34. The molecule has 0 bridgehead atoms. The molecule has 1 amide bonds. The lowest BCUT2D eigenvalue weighted by atomic mass is 9.98. The molecule has 24 heavy (non-hydrogen) atoms. The minimum atomic E-state index is -0.0865. The Morgan fingerprint density at radius 1 is 1.21 bits per heavy atom. The number of carbonyl (C=O) groups excluding carboxylic acids is 1. The number of carbonyl (C=O) groups is 1. The summed E-state index contributed by atoms with van der Waals surface area (Å²) < 4.78 is 5.44. The number of para-hydroxylation sites is 1. The molecule has 2 aromatic rings. The van der Waals surface area contributed by atoms with Gasteiger partial charge in [0, 0.05) is 25.8 Å². The summed E-state index contributed by atoms with van der Waals surface area (Å²) in [6, 6.07) is 16.0. The van der Waals surface area contributed by atoms with E-state index >= 15 is 0 Å². The number of anilines is 1. The molecule has 1 aliphatic heterocycles. The summed E-state index contributed by atoms with van der Waals surface area (Å²) in [6.07, 6.45) is 3.19. The number of nitrogens with one attached hydrogen (secondary N) is 1. The van der Waals surface area contributed by atoms with Crippen LogP contribution < -0.4 is 15.0 Å². The lowest BCUT2D eigenvalue weighted by molar-refractivity contribution is -0.123. The van der Waals surface area contributed by atoms with E-state index in [1.807, 2.05) is 30.3 Å². The van der Waals surface area contributed by atoms with Crippen molar-refractivity contribution in [2.45, 2.75) is 19.3 Å². The standard InChI is InChI=1S/C20H24N2O2/c1-22-13-5-6-17-14-16(9-10-19(17)22)11-12-21-20(23)15-24-18-7-3-2-4-8-18/h2-4,7-10,14H,5-6,11-13,15H2,1H3,(H,21,23). The van der Waals surface area contributed by atoms with E-state index in [0.717, 1.165) is 19.4 Å². The first-order valence-electron chi connectivity index (χ1n) is 8.50. The van der Waals surface area contributed by atoms with Crippen LogP contribution in [0, 0.1) is 0 Å². The summed E-state index contributed by atoms with van der Waals surface area (Å²) in [5.74, 6) is 0.628. The van der Waals surface area contributed by atoms with Gasteiger partial charge in [0.1, 0.15) is 5.75 Å². The average Bonchev–Trinajstić information content (AvgIpc) is 2.61. The minimum absolute atomic E-state index is 0.0546. The highest BCUT2D eigenvalue weighted by molar-refractivity contribution is 5.77. The Balaban J connectivity index is 1.44. The summed E-state index contributed by atoms with van der Waals surface area (Å²) in [6.45, 7) is 1.81. The maximum Gasteiger partial charge on any atom is 0.257 e. The zero-order valence-corrected chi connectivity index (χ0v) is 14.1. The molecule has 0 atom stereocenters. The Morgan fingerprint density at radius 3 is 2.88 bits per heavy atom. The van der Waals surface area contributed by atoms with Crippen molar-refractivity contribution in [3.05, 3.63) is 59.7 Å². The van der Waals surface area contributed by atoms with Crippen LogP contribution in [0.1, 0.15) is 17.5 Å². The predicted molar refractivity (Wildman–Crippen MR) is 96.7 cm³/mol. The van der Waals surface area contributed by atoms with Crippen molar-refractivity contribution >= 4 is 11.6 Å². The van der Waals surface area contributed by atoms with Gasteiger partial charge in [0.2, 0.25) is 0 Å². The van der Waals surface area contributed by atoms with E-state index in [0.29, 0.717) is 12.3 Å². The van der Waals surface area contributed by atoms with E-state index in [1.165, 1.54) is 23.2 Å². The number of aryl methyl sites for hydroxylation is 1. The Hall–Kier alpha value is -2.49. The summed E-state index contributed by atoms with van der Waals surface area (Å²) in [5.41, 5.74) is 4.03. The van der Waals surface area contributed by atoms with Crippen molar-refractivity contribution in [1.29, 1.82) is 0 Å². The highest BCUT2D eigenvalue weighted by atomic mass is 16.5. The van der Waals surface area contributed by atoms with Crippen LogP contribution >= 0.6 is 0 Å². The summed E-state index contributed by atoms with van der Waals surface area (Å²) in [7, 11) is 2.14. The molecule has 1 heterocycles. The highest BCUT2D eigenvalue weighted by Gasteiger charge is 2.13. The predicted octanol–water partition coefficient (Wildman–Crippen LogP) is 2.81. The number of benzene rings is 2. The minimum Gasteiger partial charge on any atom is -0.484 e. The van der Waals surface area contributed by atoms with Crippen molar-refractivity contribution in [2.75, 3.05) is 31.6 Å². The second kappa shape index (κ2) is 7.86. The van der Waals surface area contributed by atoms with E-state index < -0.39 is 0 Å². The molecule has 1 aliphatic rings. The Labute approximate surface area is 143 Å². The van der Waals surface area contributed by atoms with Crippen molar-refractivity contribution in [3.8, 4) is 5.75 Å². The fourth-order valence-electron chi connectivity index (χ4n) is 3.06. The maximum atomic E-state index is 11.8. The first kappa shape index (κ1) is 16.4. The average molecular weight is 324 g/mol. The van der Waals surface area contributed by atoms with E-state index in [4.69, 9.17) is 4.74 Å². The molecule has 0 radical (unpaired) electrons. The third-order valence-electron chi connectivity index (χ3n) is 4.34. The van der Waals surface area contributed by atoms with Gasteiger partial charge in [-0.2, -0.15) is 0 Å². The van der Waals surface area contributed by atoms with Crippen molar-refractivity contribution < 1.29 is 9.53 Å². The molecule has 0 fully saturated rings. The number of amides is 1. The van der Waals surface area contributed by atoms with E-state index in [2.05, 4.69) is 35.5 Å². The fourth-order valence-corrected chi connectivity index (χ4v) is 3.06. The van der Waals surface area contributed by atoms with Crippen LogP contribution in [0.15, 0.2) is 48.5 Å². The molecule has 4 nitrogen and oxygen atoms in total. The van der Waals surface area contributed by atoms with E-state index in [-0.39, 0.29) is 12.5 Å². The second-order valence-electron chi connectivity index (χ2n) is 6.19. The lowest BCUT2D eigenvalue weighted by Gasteiger charge is -2.27. The zero-order chi connectivity index (χ0) is 16.8. The first-order valence-corrected chi connectivity index (χ1v) is 8.50. The van der Waals surface area contributed by atoms with Gasteiger partial charge in [-0.05, 0) is 48.6 Å². The summed E-state index contributed by atoms with van der Waals surface area (Å²) >= 11 is 0. The molecule has 0 aliphatic carbocycles. The number of rotatable bonds is 6. The SMILES string of the molecule is CN1CCCc2cc(CCNC(=O)COc3ccccc3)ccc21. The van der Waals surface area contributed by atoms with Crippen LogP contribution in [0.3, 0.4) is 0 Å². The van der Waals surface area contributed by atoms with Crippen molar-refractivity contribution in [1.82, 2.24) is 5.32 Å². The Morgan fingerprint density at radius 2 is 2.04 bits per heavy atom. The number of ether oxygens (including phenoxy) is 1. The molecule has 126 valence electrons. The van der Waals surface area contributed by atoms with Crippen LogP contribution in [0.5, 0.6) is 5.75 Å². The van der Waals surface area contributed by atoms with E-state index in [1.54, 1.807) is 0 Å². The Kier molecular flexibility index (Phi) is 5.36. The fraction of sp³-hybridized carbons (Fsp3) is 0.350. The molecular weight excluding hydrogens is 300 g/mol. The molecule has 0 unspecified atom stereocenters. The van der Waals surface area contributed by atoms with Gasteiger partial charge in [0.05, 0.1) is 0 Å². The molecule has 0 saturated carbocycles. The van der Waals surface area contributed by atoms with Crippen LogP contribution in [-0.2, 0) is 17.6 Å². The van der Waals surface area contributed by atoms with Crippen LogP contribution in [-0.4, -0.2) is 32.7 Å². The van der Waals surface area contributed by atoms with Crippen LogP contribution in [0.2, 0.25) is 0 Å². The number of hydrogen-bond acceptors (Lipinski definition) is 3. The van der Waals surface area contributed by atoms with Gasteiger partial charge in [-0.3, -0.25) is 4.79 Å². The van der Waals surface area contributed by atoms with Gasteiger partial charge in [-0.15, -0.1) is 0 Å². The van der Waals surface area contributed by atoms with Crippen LogP contribution in [0.4, 0.5) is 5.69 Å². The molecular formula is C20H24N2O2. The number of hydrogen-bond donors (Lipinski definition) is 1. The highest BCUT2D eigenvalue weighted by Crippen LogP contribution is 2.26. The largest absolute Gasteiger partial charge is 0.484 e. The monoisotopic (exact) mass is 324 g/mol. The zero-order valence-electron chi connectivity index (χ0n) is 14.1. The molecule has 2 aromatic carbocycles. The molecule has 0 spiro atoms. The quantitative estimate of drug-likeness (QED) is 0.888. The van der Waals surface area contributed by atoms with Gasteiger partial charge >= 0.3 is 0 Å². The van der Waals surface area contributed by atoms with Gasteiger partial charge in [0.15, 0.2) is 6.61 Å². The summed E-state index contributed by atoms with van der Waals surface area (Å²) in [4.78, 5) is 14.2. The molecule has 4 heteroatoms. The second-order valence-corrected chi connectivity index (χ2v) is 6.19. The Bertz CT molecular complexity index is 685. The van der Waals surface area contributed by atoms with Crippen molar-refractivity contribution in [3.63, 3.8) is 0 Å². The number of nitrogens with zero attached hydrogens (tertiary/aromatic N) is 1. The molecule has 3 rings (SSSR count). The molecule has 1 N–H and O–H groups in total. The first-order chi connectivity index (χ1) is 11.7. The topological polar surface area (TPSA) is 41.6 Å². The number of fused-ring (bicyclic) bond motifs is 1. The molecule has 0 aromatic heterocycles. The lowest BCUT2D eigenvalue weighted by Crippen LogP contribution is -2.30. The van der Waals surface area contributed by atoms with Gasteiger partial charge in [-0.25, -0.2) is 0 Å². The smallest absolute Gasteiger partial charge is 0.257 e. The van der Waals surface area contributed by atoms with E-state index in [9.17, 15) is 4.79 Å². The normalized spacial score (nSPS) is 13.3.